The zero-order chi connectivity index (χ0) is 12.0. The minimum Gasteiger partial charge on any atom is -0.489 e. The van der Waals surface area contributed by atoms with Gasteiger partial charge in [-0.15, -0.1) is 0 Å². The van der Waals surface area contributed by atoms with Crippen molar-refractivity contribution in [1.29, 1.82) is 0 Å². The van der Waals surface area contributed by atoms with E-state index in [1.54, 1.807) is 0 Å². The first-order valence-electron chi connectivity index (χ1n) is 4.43. The Morgan fingerprint density at radius 3 is 3.06 bits per heavy atom. The van der Waals surface area contributed by atoms with Crippen LogP contribution in [0.25, 0.3) is 0 Å². The second kappa shape index (κ2) is 5.59. The third-order valence-electron chi connectivity index (χ3n) is 1.65. The molecular weight excluding hydrogens is 216 g/mol. The van der Waals surface area contributed by atoms with Crippen molar-refractivity contribution >= 4 is 11.9 Å². The molecule has 0 bridgehead atoms. The normalized spacial score (nSPS) is 9.56. The number of carbonyl (C=O) groups is 1. The average molecular weight is 228 g/mol. The topological polar surface area (TPSA) is 119 Å². The number of nitrogens with two attached hydrogens (primary N) is 1. The van der Waals surface area contributed by atoms with E-state index in [1.807, 2.05) is 0 Å². The maximum Gasteiger partial charge on any atom is 0.404 e. The number of H-pyrrole nitrogens is 1. The van der Waals surface area contributed by atoms with Gasteiger partial charge in [-0.3, -0.25) is 4.79 Å². The number of nitrogens with zero attached hydrogens (tertiary/aromatic N) is 1. The molecule has 0 aliphatic rings. The van der Waals surface area contributed by atoms with E-state index in [-0.39, 0.29) is 24.7 Å². The van der Waals surface area contributed by atoms with E-state index in [0.717, 1.165) is 0 Å². The Balaban J connectivity index is 2.57. The molecule has 0 unspecified atom stereocenters. The number of hydrogen-bond donors (Lipinski definition) is 3. The van der Waals surface area contributed by atoms with Gasteiger partial charge in [0, 0.05) is 0 Å². The van der Waals surface area contributed by atoms with Crippen LogP contribution in [-0.4, -0.2) is 36.3 Å². The number of methoxy groups -OCH3 is 1. The summed E-state index contributed by atoms with van der Waals surface area (Å²) in [5.74, 6) is 0.348. The van der Waals surface area contributed by atoms with E-state index in [2.05, 4.69) is 20.0 Å². The Morgan fingerprint density at radius 1 is 1.69 bits per heavy atom. The highest BCUT2D eigenvalue weighted by atomic mass is 16.5. The highest BCUT2D eigenvalue weighted by molar-refractivity contribution is 5.64. The van der Waals surface area contributed by atoms with E-state index in [1.165, 1.54) is 13.4 Å². The average Bonchev–Trinajstić information content (AvgIpc) is 2.24. The third kappa shape index (κ3) is 3.15. The lowest BCUT2D eigenvalue weighted by Crippen LogP contribution is -2.20. The smallest absolute Gasteiger partial charge is 0.404 e. The van der Waals surface area contributed by atoms with Crippen molar-refractivity contribution < 1.29 is 14.3 Å². The highest BCUT2D eigenvalue weighted by Crippen LogP contribution is 2.13. The molecule has 0 spiro atoms. The molecule has 0 aliphatic heterocycles. The molecule has 0 aromatic carbocycles. The van der Waals surface area contributed by atoms with Gasteiger partial charge in [-0.25, -0.2) is 9.78 Å². The standard InChI is InChI=1S/C8H12N4O4/c1-15-5-6(11-4-12-7(5)13)10-2-3-16-8(9)14/h4H,2-3H2,1H3,(H2,9,14)(H2,10,11,12,13). The number of aromatic nitrogens is 2. The molecule has 0 saturated heterocycles. The molecule has 4 N–H and O–H groups in total. The van der Waals surface area contributed by atoms with Crippen LogP contribution >= 0.6 is 0 Å². The van der Waals surface area contributed by atoms with Crippen molar-refractivity contribution in [2.24, 2.45) is 5.73 Å². The van der Waals surface area contributed by atoms with Crippen LogP contribution in [0.2, 0.25) is 0 Å². The van der Waals surface area contributed by atoms with Crippen molar-refractivity contribution in [2.45, 2.75) is 0 Å². The molecule has 0 atom stereocenters. The van der Waals surface area contributed by atoms with Crippen molar-refractivity contribution in [2.75, 3.05) is 25.6 Å². The van der Waals surface area contributed by atoms with Crippen LogP contribution in [0, 0.1) is 0 Å². The second-order valence-corrected chi connectivity index (χ2v) is 2.71. The van der Waals surface area contributed by atoms with Crippen molar-refractivity contribution in [3.05, 3.63) is 16.7 Å². The molecule has 1 heterocycles. The molecule has 1 amide bonds. The zero-order valence-corrected chi connectivity index (χ0v) is 8.65. The molecule has 0 radical (unpaired) electrons. The van der Waals surface area contributed by atoms with E-state index >= 15 is 0 Å². The fourth-order valence-electron chi connectivity index (χ4n) is 1.02. The first-order valence-corrected chi connectivity index (χ1v) is 4.43. The number of aromatic amines is 1. The summed E-state index contributed by atoms with van der Waals surface area (Å²) in [7, 11) is 1.36. The fraction of sp³-hybridized carbons (Fsp3) is 0.375. The van der Waals surface area contributed by atoms with Gasteiger partial charge in [-0.2, -0.15) is 0 Å². The van der Waals surface area contributed by atoms with E-state index in [4.69, 9.17) is 10.5 Å². The molecule has 0 fully saturated rings. The van der Waals surface area contributed by atoms with Gasteiger partial charge in [0.1, 0.15) is 6.61 Å². The lowest BCUT2D eigenvalue weighted by atomic mass is 10.5. The van der Waals surface area contributed by atoms with Gasteiger partial charge < -0.3 is 25.5 Å². The molecule has 0 aliphatic carbocycles. The summed E-state index contributed by atoms with van der Waals surface area (Å²) in [6, 6.07) is 0. The molecule has 16 heavy (non-hydrogen) atoms. The molecule has 88 valence electrons. The lowest BCUT2D eigenvalue weighted by Gasteiger charge is -2.08. The number of rotatable bonds is 5. The van der Waals surface area contributed by atoms with Gasteiger partial charge in [-0.05, 0) is 0 Å². The number of ether oxygens (including phenoxy) is 2. The van der Waals surface area contributed by atoms with Gasteiger partial charge >= 0.3 is 6.09 Å². The number of amides is 1. The quantitative estimate of drug-likeness (QED) is 0.572. The largest absolute Gasteiger partial charge is 0.489 e. The fourth-order valence-corrected chi connectivity index (χ4v) is 1.02. The van der Waals surface area contributed by atoms with Crippen LogP contribution in [0.15, 0.2) is 11.1 Å². The summed E-state index contributed by atoms with van der Waals surface area (Å²) >= 11 is 0. The Labute approximate surface area is 90.8 Å². The van der Waals surface area contributed by atoms with E-state index in [0.29, 0.717) is 0 Å². The molecule has 1 aromatic rings. The molecular formula is C8H12N4O4. The first kappa shape index (κ1) is 11.8. The molecule has 1 aromatic heterocycles. The number of anilines is 1. The Hall–Kier alpha value is -2.25. The summed E-state index contributed by atoms with van der Waals surface area (Å²) in [6.45, 7) is 0.350. The van der Waals surface area contributed by atoms with E-state index < -0.39 is 11.7 Å². The minimum absolute atomic E-state index is 0.0709. The van der Waals surface area contributed by atoms with Gasteiger partial charge in [0.15, 0.2) is 5.82 Å². The minimum atomic E-state index is -0.854. The van der Waals surface area contributed by atoms with Gasteiger partial charge in [-0.1, -0.05) is 0 Å². The van der Waals surface area contributed by atoms with Gasteiger partial charge in [0.2, 0.25) is 5.75 Å². The number of primary amides is 1. The predicted octanol–water partition coefficient (Wildman–Crippen LogP) is -0.714. The van der Waals surface area contributed by atoms with Crippen molar-refractivity contribution in [3.63, 3.8) is 0 Å². The Kier molecular flexibility index (Phi) is 4.13. The van der Waals surface area contributed by atoms with Crippen LogP contribution in [0.5, 0.6) is 5.75 Å². The Bertz CT molecular complexity index is 417. The predicted molar refractivity (Wildman–Crippen MR) is 55.4 cm³/mol. The van der Waals surface area contributed by atoms with Gasteiger partial charge in [0.05, 0.1) is 20.0 Å². The zero-order valence-electron chi connectivity index (χ0n) is 8.65. The maximum absolute atomic E-state index is 11.2. The van der Waals surface area contributed by atoms with E-state index in [9.17, 15) is 9.59 Å². The summed E-state index contributed by atoms with van der Waals surface area (Å²) in [6.07, 6.45) is 0.384. The summed E-state index contributed by atoms with van der Waals surface area (Å²) in [4.78, 5) is 27.7. The third-order valence-corrected chi connectivity index (χ3v) is 1.65. The summed E-state index contributed by atoms with van der Waals surface area (Å²) in [5.41, 5.74) is 4.38. The molecule has 0 saturated carbocycles. The van der Waals surface area contributed by atoms with Crippen LogP contribution in [0.4, 0.5) is 10.6 Å². The molecule has 8 nitrogen and oxygen atoms in total. The van der Waals surface area contributed by atoms with Crippen LogP contribution in [-0.2, 0) is 4.74 Å². The van der Waals surface area contributed by atoms with Crippen molar-refractivity contribution in [1.82, 2.24) is 9.97 Å². The van der Waals surface area contributed by atoms with Crippen molar-refractivity contribution in [3.8, 4) is 5.75 Å². The second-order valence-electron chi connectivity index (χ2n) is 2.71. The highest BCUT2D eigenvalue weighted by Gasteiger charge is 2.07. The SMILES string of the molecule is COc1c(NCCOC(N)=O)nc[nH]c1=O. The maximum atomic E-state index is 11.2. The van der Waals surface area contributed by atoms with Crippen LogP contribution < -0.4 is 21.3 Å². The number of hydrogen-bond acceptors (Lipinski definition) is 6. The monoisotopic (exact) mass is 228 g/mol. The number of nitrogens with one attached hydrogen (secondary N) is 2. The van der Waals surface area contributed by atoms with Crippen LogP contribution in [0.3, 0.4) is 0 Å². The lowest BCUT2D eigenvalue weighted by molar-refractivity contribution is 0.161. The van der Waals surface area contributed by atoms with Gasteiger partial charge in [0.25, 0.3) is 5.56 Å². The number of carbonyl (C=O) groups excluding carboxylic acids is 1. The Morgan fingerprint density at radius 2 is 2.44 bits per heavy atom. The van der Waals surface area contributed by atoms with Crippen LogP contribution in [0.1, 0.15) is 0 Å². The molecule has 1 rings (SSSR count). The first-order chi connectivity index (χ1) is 7.65. The summed E-state index contributed by atoms with van der Waals surface area (Å²) in [5, 5.41) is 2.77. The summed E-state index contributed by atoms with van der Waals surface area (Å²) < 4.78 is 9.34. The molecule has 8 heteroatoms.